The highest BCUT2D eigenvalue weighted by Crippen LogP contribution is 2.13. The second-order valence-corrected chi connectivity index (χ2v) is 3.48. The molecule has 1 rings (SSSR count). The van der Waals surface area contributed by atoms with Gasteiger partial charge in [0.2, 0.25) is 0 Å². The first-order valence-corrected chi connectivity index (χ1v) is 5.30. The number of benzene rings is 1. The van der Waals surface area contributed by atoms with Crippen LogP contribution < -0.4 is 10.1 Å². The number of aliphatic hydroxyl groups excluding tert-OH is 1. The van der Waals surface area contributed by atoms with Crippen LogP contribution in [0, 0.1) is 0 Å². The molecule has 3 nitrogen and oxygen atoms in total. The number of likely N-dealkylation sites (N-methyl/N-ethyl adjacent to an activating group) is 1. The maximum absolute atomic E-state index is 8.96. The predicted octanol–water partition coefficient (Wildman–Crippen LogP) is 1.21. The molecule has 1 aromatic carbocycles. The molecule has 84 valence electrons. The average Bonchev–Trinajstić information content (AvgIpc) is 2.31. The lowest BCUT2D eigenvalue weighted by molar-refractivity contribution is 0.189. The van der Waals surface area contributed by atoms with Gasteiger partial charge in [-0.1, -0.05) is 19.1 Å². The van der Waals surface area contributed by atoms with Gasteiger partial charge in [-0.2, -0.15) is 0 Å². The van der Waals surface area contributed by atoms with Gasteiger partial charge < -0.3 is 15.2 Å². The summed E-state index contributed by atoms with van der Waals surface area (Å²) in [6, 6.07) is 8.03. The Morgan fingerprint density at radius 3 is 2.87 bits per heavy atom. The molecule has 0 aromatic heterocycles. The van der Waals surface area contributed by atoms with Crippen LogP contribution in [0.3, 0.4) is 0 Å². The van der Waals surface area contributed by atoms with Crippen LogP contribution in [0.4, 0.5) is 0 Å². The second kappa shape index (κ2) is 6.43. The lowest BCUT2D eigenvalue weighted by atomic mass is 10.2. The number of hydrogen-bond donors (Lipinski definition) is 2. The van der Waals surface area contributed by atoms with Crippen LogP contribution in [0.2, 0.25) is 0 Å². The third-order valence-corrected chi connectivity index (χ3v) is 2.39. The molecule has 0 aliphatic heterocycles. The van der Waals surface area contributed by atoms with Crippen LogP contribution >= 0.6 is 0 Å². The highest BCUT2D eigenvalue weighted by molar-refractivity contribution is 5.28. The lowest BCUT2D eigenvalue weighted by Gasteiger charge is -2.14. The number of aryl methyl sites for hydroxylation is 1. The highest BCUT2D eigenvalue weighted by atomic mass is 16.5. The minimum atomic E-state index is -0.00437. The second-order valence-electron chi connectivity index (χ2n) is 3.48. The fourth-order valence-corrected chi connectivity index (χ4v) is 1.28. The van der Waals surface area contributed by atoms with E-state index in [0.29, 0.717) is 6.61 Å². The molecule has 0 aliphatic rings. The Hall–Kier alpha value is -1.06. The average molecular weight is 209 g/mol. The first kappa shape index (κ1) is 12.0. The molecule has 1 unspecified atom stereocenters. The monoisotopic (exact) mass is 209 g/mol. The molecule has 3 heteroatoms. The van der Waals surface area contributed by atoms with E-state index in [9.17, 15) is 0 Å². The van der Waals surface area contributed by atoms with Crippen molar-refractivity contribution in [3.63, 3.8) is 0 Å². The Kier molecular flexibility index (Phi) is 5.15. The normalized spacial score (nSPS) is 12.5. The molecular weight excluding hydrogens is 190 g/mol. The molecule has 15 heavy (non-hydrogen) atoms. The number of nitrogens with one attached hydrogen (secondary N) is 1. The standard InChI is InChI=1S/C12H19NO2/c1-3-10-5-4-6-12(7-10)15-9-11(8-14)13-2/h4-7,11,13-14H,3,8-9H2,1-2H3. The van der Waals surface area contributed by atoms with Crippen LogP contribution in [0.5, 0.6) is 5.75 Å². The Morgan fingerprint density at radius 2 is 2.27 bits per heavy atom. The van der Waals surface area contributed by atoms with Gasteiger partial charge in [0, 0.05) is 0 Å². The molecule has 1 aromatic rings. The highest BCUT2D eigenvalue weighted by Gasteiger charge is 2.04. The van der Waals surface area contributed by atoms with E-state index < -0.39 is 0 Å². The van der Waals surface area contributed by atoms with Crippen molar-refractivity contribution in [3.8, 4) is 5.75 Å². The molecule has 0 saturated heterocycles. The zero-order valence-corrected chi connectivity index (χ0v) is 9.36. The van der Waals surface area contributed by atoms with Crippen molar-refractivity contribution in [3.05, 3.63) is 29.8 Å². The third-order valence-electron chi connectivity index (χ3n) is 2.39. The zero-order valence-electron chi connectivity index (χ0n) is 9.36. The zero-order chi connectivity index (χ0) is 11.1. The van der Waals surface area contributed by atoms with Gasteiger partial charge in [0.15, 0.2) is 0 Å². The molecule has 0 spiro atoms. The minimum Gasteiger partial charge on any atom is -0.492 e. The summed E-state index contributed by atoms with van der Waals surface area (Å²) in [5.41, 5.74) is 1.26. The smallest absolute Gasteiger partial charge is 0.119 e. The van der Waals surface area contributed by atoms with E-state index in [1.165, 1.54) is 5.56 Å². The fraction of sp³-hybridized carbons (Fsp3) is 0.500. The van der Waals surface area contributed by atoms with E-state index in [1.54, 1.807) is 0 Å². The molecule has 0 saturated carbocycles. The van der Waals surface area contributed by atoms with Crippen molar-refractivity contribution >= 4 is 0 Å². The van der Waals surface area contributed by atoms with Crippen LogP contribution in [-0.2, 0) is 6.42 Å². The minimum absolute atomic E-state index is 0.00437. The maximum Gasteiger partial charge on any atom is 0.119 e. The van der Waals surface area contributed by atoms with E-state index in [-0.39, 0.29) is 12.6 Å². The number of rotatable bonds is 6. The molecule has 1 atom stereocenters. The Balaban J connectivity index is 2.49. The van der Waals surface area contributed by atoms with Crippen molar-refractivity contribution in [2.24, 2.45) is 0 Å². The van der Waals surface area contributed by atoms with Gasteiger partial charge in [-0.15, -0.1) is 0 Å². The third kappa shape index (κ3) is 3.90. The summed E-state index contributed by atoms with van der Waals surface area (Å²) < 4.78 is 5.57. The summed E-state index contributed by atoms with van der Waals surface area (Å²) in [5, 5.41) is 11.9. The first-order chi connectivity index (χ1) is 7.30. The molecule has 0 aliphatic carbocycles. The van der Waals surface area contributed by atoms with Gasteiger partial charge in [0.1, 0.15) is 12.4 Å². The van der Waals surface area contributed by atoms with Crippen LogP contribution in [0.25, 0.3) is 0 Å². The number of aliphatic hydroxyl groups is 1. The van der Waals surface area contributed by atoms with E-state index in [2.05, 4.69) is 18.3 Å². The van der Waals surface area contributed by atoms with Crippen molar-refractivity contribution in [1.29, 1.82) is 0 Å². The van der Waals surface area contributed by atoms with Crippen molar-refractivity contribution in [2.75, 3.05) is 20.3 Å². The molecule has 0 fully saturated rings. The van der Waals surface area contributed by atoms with Crippen LogP contribution in [-0.4, -0.2) is 31.4 Å². The maximum atomic E-state index is 8.96. The molecule has 0 heterocycles. The lowest BCUT2D eigenvalue weighted by Crippen LogP contribution is -2.34. The van der Waals surface area contributed by atoms with Crippen molar-refractivity contribution in [1.82, 2.24) is 5.32 Å². The molecule has 2 N–H and O–H groups in total. The summed E-state index contributed by atoms with van der Waals surface area (Å²) in [6.45, 7) is 2.69. The quantitative estimate of drug-likeness (QED) is 0.740. The summed E-state index contributed by atoms with van der Waals surface area (Å²) in [5.74, 6) is 0.864. The number of ether oxygens (including phenoxy) is 1. The van der Waals surface area contributed by atoms with E-state index in [0.717, 1.165) is 12.2 Å². The summed E-state index contributed by atoms with van der Waals surface area (Å²) in [6.07, 6.45) is 1.01. The van der Waals surface area contributed by atoms with E-state index >= 15 is 0 Å². The Labute approximate surface area is 91.1 Å². The summed E-state index contributed by atoms with van der Waals surface area (Å²) >= 11 is 0. The van der Waals surface area contributed by atoms with E-state index in [4.69, 9.17) is 9.84 Å². The van der Waals surface area contributed by atoms with Gasteiger partial charge in [0.25, 0.3) is 0 Å². The predicted molar refractivity (Wildman–Crippen MR) is 61.2 cm³/mol. The number of hydrogen-bond acceptors (Lipinski definition) is 3. The van der Waals surface area contributed by atoms with Gasteiger partial charge >= 0.3 is 0 Å². The van der Waals surface area contributed by atoms with Gasteiger partial charge in [-0.3, -0.25) is 0 Å². The molecular formula is C12H19NO2. The summed E-state index contributed by atoms with van der Waals surface area (Å²) in [7, 11) is 1.81. The van der Waals surface area contributed by atoms with Crippen molar-refractivity contribution < 1.29 is 9.84 Å². The first-order valence-electron chi connectivity index (χ1n) is 5.30. The fourth-order valence-electron chi connectivity index (χ4n) is 1.28. The van der Waals surface area contributed by atoms with Crippen LogP contribution in [0.1, 0.15) is 12.5 Å². The largest absolute Gasteiger partial charge is 0.492 e. The summed E-state index contributed by atoms with van der Waals surface area (Å²) in [4.78, 5) is 0. The van der Waals surface area contributed by atoms with E-state index in [1.807, 2.05) is 25.2 Å². The van der Waals surface area contributed by atoms with Gasteiger partial charge in [-0.05, 0) is 31.2 Å². The van der Waals surface area contributed by atoms with Crippen molar-refractivity contribution in [2.45, 2.75) is 19.4 Å². The Bertz CT molecular complexity index is 285. The molecule has 0 radical (unpaired) electrons. The molecule has 0 bridgehead atoms. The van der Waals surface area contributed by atoms with Gasteiger partial charge in [-0.25, -0.2) is 0 Å². The SMILES string of the molecule is CCc1cccc(OCC(CO)NC)c1. The van der Waals surface area contributed by atoms with Crippen LogP contribution in [0.15, 0.2) is 24.3 Å². The molecule has 0 amide bonds. The van der Waals surface area contributed by atoms with Gasteiger partial charge in [0.05, 0.1) is 12.6 Å². The topological polar surface area (TPSA) is 41.5 Å². The Morgan fingerprint density at radius 1 is 1.47 bits per heavy atom.